The van der Waals surface area contributed by atoms with E-state index in [0.29, 0.717) is 11.6 Å². The first-order valence-electron chi connectivity index (χ1n) is 10.1. The SMILES string of the molecule is Fc1ccc(COc2cccc(CNc3ccc(N4CCOCC4)c(Cl)c3)c2)c(Cl)c1. The molecule has 1 aliphatic rings. The van der Waals surface area contributed by atoms with Gasteiger partial charge in [-0.15, -0.1) is 0 Å². The van der Waals surface area contributed by atoms with Crippen molar-refractivity contribution < 1.29 is 13.9 Å². The third-order valence-corrected chi connectivity index (χ3v) is 5.76. The van der Waals surface area contributed by atoms with Crippen molar-refractivity contribution in [3.8, 4) is 5.75 Å². The third-order valence-electron chi connectivity index (χ3n) is 5.10. The fourth-order valence-corrected chi connectivity index (χ4v) is 3.95. The highest BCUT2D eigenvalue weighted by atomic mass is 35.5. The summed E-state index contributed by atoms with van der Waals surface area (Å²) in [5.41, 5.74) is 3.79. The van der Waals surface area contributed by atoms with Gasteiger partial charge in [-0.2, -0.15) is 0 Å². The molecule has 3 aromatic carbocycles. The third kappa shape index (κ3) is 5.82. The number of rotatable bonds is 7. The van der Waals surface area contributed by atoms with E-state index < -0.39 is 0 Å². The van der Waals surface area contributed by atoms with Crippen molar-refractivity contribution in [3.05, 3.63) is 87.7 Å². The largest absolute Gasteiger partial charge is 0.489 e. The van der Waals surface area contributed by atoms with Crippen LogP contribution in [0.2, 0.25) is 10.0 Å². The van der Waals surface area contributed by atoms with Crippen molar-refractivity contribution in [2.45, 2.75) is 13.2 Å². The highest BCUT2D eigenvalue weighted by Gasteiger charge is 2.14. The lowest BCUT2D eigenvalue weighted by Gasteiger charge is -2.29. The van der Waals surface area contributed by atoms with E-state index in [1.165, 1.54) is 12.1 Å². The molecular weight excluding hydrogens is 438 g/mol. The maximum Gasteiger partial charge on any atom is 0.124 e. The van der Waals surface area contributed by atoms with Crippen LogP contribution < -0.4 is 15.0 Å². The van der Waals surface area contributed by atoms with Gasteiger partial charge in [-0.1, -0.05) is 41.4 Å². The normalized spacial score (nSPS) is 13.8. The summed E-state index contributed by atoms with van der Waals surface area (Å²) >= 11 is 12.6. The topological polar surface area (TPSA) is 33.7 Å². The molecule has 0 bridgehead atoms. The van der Waals surface area contributed by atoms with E-state index in [0.717, 1.165) is 59.6 Å². The summed E-state index contributed by atoms with van der Waals surface area (Å²) in [6.45, 7) is 4.05. The summed E-state index contributed by atoms with van der Waals surface area (Å²) in [6, 6.07) is 18.1. The van der Waals surface area contributed by atoms with Crippen LogP contribution in [0.4, 0.5) is 15.8 Å². The van der Waals surface area contributed by atoms with Crippen LogP contribution in [0.1, 0.15) is 11.1 Å². The minimum atomic E-state index is -0.361. The molecule has 0 saturated carbocycles. The van der Waals surface area contributed by atoms with E-state index >= 15 is 0 Å². The molecule has 4 nitrogen and oxygen atoms in total. The van der Waals surface area contributed by atoms with Crippen LogP contribution in [0.3, 0.4) is 0 Å². The first-order valence-corrected chi connectivity index (χ1v) is 10.9. The van der Waals surface area contributed by atoms with Crippen molar-refractivity contribution in [1.82, 2.24) is 0 Å². The van der Waals surface area contributed by atoms with Crippen molar-refractivity contribution >= 4 is 34.6 Å². The molecule has 31 heavy (non-hydrogen) atoms. The molecule has 0 aromatic heterocycles. The maximum atomic E-state index is 13.2. The smallest absolute Gasteiger partial charge is 0.124 e. The van der Waals surface area contributed by atoms with Crippen LogP contribution in [-0.4, -0.2) is 26.3 Å². The monoisotopic (exact) mass is 460 g/mol. The van der Waals surface area contributed by atoms with Gasteiger partial charge in [0.2, 0.25) is 0 Å². The number of hydrogen-bond donors (Lipinski definition) is 1. The molecule has 0 atom stereocenters. The number of benzene rings is 3. The molecule has 1 fully saturated rings. The Morgan fingerprint density at radius 1 is 0.968 bits per heavy atom. The zero-order valence-electron chi connectivity index (χ0n) is 16.9. The Morgan fingerprint density at radius 2 is 1.81 bits per heavy atom. The molecule has 0 aliphatic carbocycles. The van der Waals surface area contributed by atoms with Gasteiger partial charge in [0.25, 0.3) is 0 Å². The van der Waals surface area contributed by atoms with Gasteiger partial charge in [-0.05, 0) is 48.0 Å². The van der Waals surface area contributed by atoms with Crippen molar-refractivity contribution in [3.63, 3.8) is 0 Å². The number of halogens is 3. The van der Waals surface area contributed by atoms with E-state index in [4.69, 9.17) is 32.7 Å². The van der Waals surface area contributed by atoms with Crippen LogP contribution in [0.25, 0.3) is 0 Å². The summed E-state index contributed by atoms with van der Waals surface area (Å²) in [6.07, 6.45) is 0. The molecule has 0 spiro atoms. The van der Waals surface area contributed by atoms with Gasteiger partial charge in [0.15, 0.2) is 0 Å². The first kappa shape index (κ1) is 21.8. The Kier molecular flexibility index (Phi) is 7.17. The lowest BCUT2D eigenvalue weighted by molar-refractivity contribution is 0.122. The highest BCUT2D eigenvalue weighted by Crippen LogP contribution is 2.30. The molecule has 162 valence electrons. The average molecular weight is 461 g/mol. The maximum absolute atomic E-state index is 13.2. The van der Waals surface area contributed by atoms with Gasteiger partial charge >= 0.3 is 0 Å². The Hall–Kier alpha value is -2.47. The van der Waals surface area contributed by atoms with Crippen LogP contribution in [0.5, 0.6) is 5.75 Å². The molecule has 0 amide bonds. The van der Waals surface area contributed by atoms with Crippen LogP contribution in [0, 0.1) is 5.82 Å². The lowest BCUT2D eigenvalue weighted by Crippen LogP contribution is -2.36. The molecule has 3 aromatic rings. The zero-order chi connectivity index (χ0) is 21.6. The number of ether oxygens (including phenoxy) is 2. The molecule has 4 rings (SSSR count). The molecule has 1 saturated heterocycles. The van der Waals surface area contributed by atoms with Gasteiger partial charge in [0.1, 0.15) is 18.2 Å². The lowest BCUT2D eigenvalue weighted by atomic mass is 10.2. The van der Waals surface area contributed by atoms with Crippen LogP contribution >= 0.6 is 23.2 Å². The van der Waals surface area contributed by atoms with Crippen molar-refractivity contribution in [2.24, 2.45) is 0 Å². The summed E-state index contributed by atoms with van der Waals surface area (Å²) in [5.74, 6) is 0.361. The zero-order valence-corrected chi connectivity index (χ0v) is 18.4. The predicted octanol–water partition coefficient (Wildman–Crippen LogP) is 6.16. The van der Waals surface area contributed by atoms with E-state index in [1.807, 2.05) is 42.5 Å². The summed E-state index contributed by atoms with van der Waals surface area (Å²) in [4.78, 5) is 2.24. The molecular formula is C24H23Cl2FN2O2. The quantitative estimate of drug-likeness (QED) is 0.457. The van der Waals surface area contributed by atoms with E-state index in [2.05, 4.69) is 10.2 Å². The van der Waals surface area contributed by atoms with Crippen molar-refractivity contribution in [2.75, 3.05) is 36.5 Å². The van der Waals surface area contributed by atoms with Gasteiger partial charge in [-0.25, -0.2) is 4.39 Å². The second-order valence-corrected chi connectivity index (χ2v) is 8.11. The molecule has 0 radical (unpaired) electrons. The number of nitrogens with zero attached hydrogens (tertiary/aromatic N) is 1. The standard InChI is InChI=1S/C24H23Cl2FN2O2/c25-22-13-19(27)5-4-18(22)16-31-21-3-1-2-17(12-21)15-28-20-6-7-24(23(26)14-20)29-8-10-30-11-9-29/h1-7,12-14,28H,8-11,15-16H2. The Morgan fingerprint density at radius 3 is 2.58 bits per heavy atom. The second kappa shape index (κ2) is 10.2. The van der Waals surface area contributed by atoms with Gasteiger partial charge in [0.05, 0.1) is 28.9 Å². The Balaban J connectivity index is 1.35. The average Bonchev–Trinajstić information content (AvgIpc) is 2.78. The minimum absolute atomic E-state index is 0.272. The molecule has 7 heteroatoms. The van der Waals surface area contributed by atoms with Crippen molar-refractivity contribution in [1.29, 1.82) is 0 Å². The van der Waals surface area contributed by atoms with E-state index in [-0.39, 0.29) is 12.4 Å². The molecule has 0 unspecified atom stereocenters. The first-order chi connectivity index (χ1) is 15.1. The number of hydrogen-bond acceptors (Lipinski definition) is 4. The fraction of sp³-hybridized carbons (Fsp3) is 0.250. The van der Waals surface area contributed by atoms with Gasteiger partial charge < -0.3 is 19.7 Å². The summed E-state index contributed by atoms with van der Waals surface area (Å²) in [7, 11) is 0. The molecule has 1 heterocycles. The van der Waals surface area contributed by atoms with E-state index in [9.17, 15) is 4.39 Å². The number of nitrogens with one attached hydrogen (secondary N) is 1. The second-order valence-electron chi connectivity index (χ2n) is 7.29. The van der Waals surface area contributed by atoms with Gasteiger partial charge in [0, 0.05) is 30.9 Å². The molecule has 1 N–H and O–H groups in total. The van der Waals surface area contributed by atoms with Crippen LogP contribution in [0.15, 0.2) is 60.7 Å². The minimum Gasteiger partial charge on any atom is -0.489 e. The molecule has 1 aliphatic heterocycles. The Labute approximate surface area is 191 Å². The number of anilines is 2. The van der Waals surface area contributed by atoms with Crippen LogP contribution in [-0.2, 0) is 17.9 Å². The fourth-order valence-electron chi connectivity index (χ4n) is 3.43. The summed E-state index contributed by atoms with van der Waals surface area (Å²) in [5, 5.41) is 4.48. The Bertz CT molecular complexity index is 1040. The van der Waals surface area contributed by atoms with Gasteiger partial charge in [-0.3, -0.25) is 0 Å². The predicted molar refractivity (Wildman–Crippen MR) is 124 cm³/mol. The van der Waals surface area contributed by atoms with E-state index in [1.54, 1.807) is 6.07 Å². The summed E-state index contributed by atoms with van der Waals surface area (Å²) < 4.78 is 24.4. The number of morpholine rings is 1. The highest BCUT2D eigenvalue weighted by molar-refractivity contribution is 6.33.